The van der Waals surface area contributed by atoms with Crippen molar-refractivity contribution < 1.29 is 4.79 Å². The van der Waals surface area contributed by atoms with E-state index in [1.165, 1.54) is 0 Å². The van der Waals surface area contributed by atoms with Crippen molar-refractivity contribution in [3.63, 3.8) is 0 Å². The van der Waals surface area contributed by atoms with Gasteiger partial charge in [-0.05, 0) is 36.5 Å². The molecule has 0 saturated heterocycles. The molecule has 5 heteroatoms. The maximum atomic E-state index is 12.7. The lowest BCUT2D eigenvalue weighted by Crippen LogP contribution is -2.30. The Kier molecular flexibility index (Phi) is 3.83. The Bertz CT molecular complexity index is 826. The summed E-state index contributed by atoms with van der Waals surface area (Å²) in [4.78, 5) is 21.0. The van der Waals surface area contributed by atoms with Crippen LogP contribution >= 0.6 is 0 Å². The first kappa shape index (κ1) is 14.6. The molecular formula is C19H18N4O. The summed E-state index contributed by atoms with van der Waals surface area (Å²) in [5.74, 6) is 1.15. The van der Waals surface area contributed by atoms with Gasteiger partial charge in [-0.3, -0.25) is 9.36 Å². The second-order valence-electron chi connectivity index (χ2n) is 6.07. The summed E-state index contributed by atoms with van der Waals surface area (Å²) in [6, 6.07) is 13.8. The number of hydrogen-bond donors (Lipinski definition) is 1. The van der Waals surface area contributed by atoms with Gasteiger partial charge in [0.25, 0.3) is 5.91 Å². The van der Waals surface area contributed by atoms with Crippen molar-refractivity contribution in [1.82, 2.24) is 19.9 Å². The van der Waals surface area contributed by atoms with Crippen molar-refractivity contribution in [3.8, 4) is 5.82 Å². The topological polar surface area (TPSA) is 59.8 Å². The van der Waals surface area contributed by atoms with E-state index in [0.29, 0.717) is 17.3 Å². The Labute approximate surface area is 140 Å². The normalized spacial score (nSPS) is 15.0. The number of benzene rings is 1. The molecule has 1 N–H and O–H groups in total. The summed E-state index contributed by atoms with van der Waals surface area (Å²) in [6.45, 7) is 0. The van der Waals surface area contributed by atoms with Crippen LogP contribution in [0.1, 0.15) is 34.8 Å². The quantitative estimate of drug-likeness (QED) is 0.786. The highest BCUT2D eigenvalue weighted by atomic mass is 16.1. The molecule has 0 spiro atoms. The van der Waals surface area contributed by atoms with Crippen LogP contribution in [0, 0.1) is 5.92 Å². The Morgan fingerprint density at radius 2 is 2.00 bits per heavy atom. The summed E-state index contributed by atoms with van der Waals surface area (Å²) < 4.78 is 1.78. The molecule has 1 aromatic carbocycles. The van der Waals surface area contributed by atoms with Gasteiger partial charge in [-0.15, -0.1) is 0 Å². The standard InChI is InChI=1S/C19H18N4O/c24-19(16-8-9-21-17(12-16)23-11-10-20-13-23)22-18(15-6-7-15)14-4-2-1-3-5-14/h1-5,8-13,15,18H,6-7H2,(H,22,24). The zero-order chi connectivity index (χ0) is 16.4. The van der Waals surface area contributed by atoms with E-state index in [4.69, 9.17) is 0 Å². The zero-order valence-electron chi connectivity index (χ0n) is 13.2. The molecule has 0 bridgehead atoms. The van der Waals surface area contributed by atoms with Crippen LogP contribution in [0.25, 0.3) is 5.82 Å². The van der Waals surface area contributed by atoms with Crippen LogP contribution in [0.2, 0.25) is 0 Å². The number of hydrogen-bond acceptors (Lipinski definition) is 3. The number of carbonyl (C=O) groups excluding carboxylic acids is 1. The highest BCUT2D eigenvalue weighted by Gasteiger charge is 2.33. The third-order valence-electron chi connectivity index (χ3n) is 4.32. The molecule has 1 aliphatic rings. The molecule has 2 heterocycles. The molecule has 1 amide bonds. The first-order valence-electron chi connectivity index (χ1n) is 8.11. The van der Waals surface area contributed by atoms with Crippen LogP contribution in [0.4, 0.5) is 0 Å². The van der Waals surface area contributed by atoms with Gasteiger partial charge < -0.3 is 5.32 Å². The molecule has 24 heavy (non-hydrogen) atoms. The van der Waals surface area contributed by atoms with Gasteiger partial charge in [-0.1, -0.05) is 30.3 Å². The van der Waals surface area contributed by atoms with Crippen LogP contribution in [0.5, 0.6) is 0 Å². The first-order chi connectivity index (χ1) is 11.8. The minimum absolute atomic E-state index is 0.0699. The fourth-order valence-corrected chi connectivity index (χ4v) is 2.88. The number of nitrogens with zero attached hydrogens (tertiary/aromatic N) is 3. The van der Waals surface area contributed by atoms with E-state index in [-0.39, 0.29) is 11.9 Å². The van der Waals surface area contributed by atoms with E-state index in [9.17, 15) is 4.79 Å². The summed E-state index contributed by atoms with van der Waals surface area (Å²) >= 11 is 0. The monoisotopic (exact) mass is 318 g/mol. The smallest absolute Gasteiger partial charge is 0.251 e. The molecule has 1 atom stereocenters. The third kappa shape index (κ3) is 3.06. The van der Waals surface area contributed by atoms with E-state index in [1.807, 2.05) is 18.2 Å². The van der Waals surface area contributed by atoms with Gasteiger partial charge in [-0.2, -0.15) is 0 Å². The Balaban J connectivity index is 1.56. The maximum absolute atomic E-state index is 12.7. The SMILES string of the molecule is O=C(NC(c1ccccc1)C1CC1)c1ccnc(-n2ccnc2)c1. The van der Waals surface area contributed by atoms with Gasteiger partial charge in [-0.25, -0.2) is 9.97 Å². The highest BCUT2D eigenvalue weighted by Crippen LogP contribution is 2.41. The molecule has 4 rings (SSSR count). The minimum Gasteiger partial charge on any atom is -0.345 e. The molecule has 120 valence electrons. The van der Waals surface area contributed by atoms with Gasteiger partial charge >= 0.3 is 0 Å². The lowest BCUT2D eigenvalue weighted by molar-refractivity contribution is 0.0931. The summed E-state index contributed by atoms with van der Waals surface area (Å²) in [7, 11) is 0. The lowest BCUT2D eigenvalue weighted by Gasteiger charge is -2.19. The summed E-state index contributed by atoms with van der Waals surface area (Å²) in [5.41, 5.74) is 1.77. The van der Waals surface area contributed by atoms with Crippen LogP contribution in [-0.4, -0.2) is 20.4 Å². The molecular weight excluding hydrogens is 300 g/mol. The van der Waals surface area contributed by atoms with Crippen molar-refractivity contribution in [2.24, 2.45) is 5.92 Å². The van der Waals surface area contributed by atoms with Crippen LogP contribution in [0.15, 0.2) is 67.4 Å². The second kappa shape index (κ2) is 6.28. The largest absolute Gasteiger partial charge is 0.345 e. The van der Waals surface area contributed by atoms with Gasteiger partial charge in [0.2, 0.25) is 0 Å². The predicted octanol–water partition coefficient (Wildman–Crippen LogP) is 3.15. The van der Waals surface area contributed by atoms with Crippen molar-refractivity contribution >= 4 is 5.91 Å². The summed E-state index contributed by atoms with van der Waals surface area (Å²) in [5, 5.41) is 3.19. The molecule has 3 aromatic rings. The number of amides is 1. The Hall–Kier alpha value is -2.95. The molecule has 1 saturated carbocycles. The van der Waals surface area contributed by atoms with Crippen molar-refractivity contribution in [1.29, 1.82) is 0 Å². The fraction of sp³-hybridized carbons (Fsp3) is 0.211. The van der Waals surface area contributed by atoms with Gasteiger partial charge in [0.15, 0.2) is 0 Å². The fourth-order valence-electron chi connectivity index (χ4n) is 2.88. The van der Waals surface area contributed by atoms with Crippen LogP contribution in [-0.2, 0) is 0 Å². The van der Waals surface area contributed by atoms with E-state index in [1.54, 1.807) is 41.6 Å². The maximum Gasteiger partial charge on any atom is 0.251 e. The van der Waals surface area contributed by atoms with Gasteiger partial charge in [0, 0.05) is 24.2 Å². The van der Waals surface area contributed by atoms with Crippen LogP contribution in [0.3, 0.4) is 0 Å². The average molecular weight is 318 g/mol. The number of nitrogens with one attached hydrogen (secondary N) is 1. The van der Waals surface area contributed by atoms with Crippen molar-refractivity contribution in [2.45, 2.75) is 18.9 Å². The Morgan fingerprint density at radius 3 is 2.71 bits per heavy atom. The summed E-state index contributed by atoms with van der Waals surface area (Å²) in [6.07, 6.45) is 9.14. The molecule has 5 nitrogen and oxygen atoms in total. The molecule has 2 aromatic heterocycles. The van der Waals surface area contributed by atoms with E-state index >= 15 is 0 Å². The van der Waals surface area contributed by atoms with Crippen LogP contribution < -0.4 is 5.32 Å². The number of imidazole rings is 1. The number of pyridine rings is 1. The lowest BCUT2D eigenvalue weighted by atomic mass is 10.0. The number of carbonyl (C=O) groups is 1. The van der Waals surface area contributed by atoms with E-state index in [2.05, 4.69) is 27.4 Å². The number of aromatic nitrogens is 3. The zero-order valence-corrected chi connectivity index (χ0v) is 13.2. The van der Waals surface area contributed by atoms with Crippen molar-refractivity contribution in [3.05, 3.63) is 78.5 Å². The molecule has 1 fully saturated rings. The molecule has 0 aliphatic heterocycles. The average Bonchev–Trinajstić information content (AvgIpc) is 3.33. The predicted molar refractivity (Wildman–Crippen MR) is 90.7 cm³/mol. The Morgan fingerprint density at radius 1 is 1.17 bits per heavy atom. The van der Waals surface area contributed by atoms with E-state index in [0.717, 1.165) is 18.4 Å². The minimum atomic E-state index is -0.0699. The first-order valence-corrected chi connectivity index (χ1v) is 8.11. The van der Waals surface area contributed by atoms with Gasteiger partial charge in [0.05, 0.1) is 6.04 Å². The van der Waals surface area contributed by atoms with Crippen molar-refractivity contribution in [2.75, 3.05) is 0 Å². The molecule has 1 aliphatic carbocycles. The third-order valence-corrected chi connectivity index (χ3v) is 4.32. The molecule has 0 radical (unpaired) electrons. The van der Waals surface area contributed by atoms with Gasteiger partial charge in [0.1, 0.15) is 12.1 Å². The second-order valence-corrected chi connectivity index (χ2v) is 6.07. The van der Waals surface area contributed by atoms with E-state index < -0.39 is 0 Å². The molecule has 1 unspecified atom stereocenters. The highest BCUT2D eigenvalue weighted by molar-refractivity contribution is 5.94. The number of rotatable bonds is 5.